The SMILES string of the molecule is CC(C)(C)C1CCCN(Cc2nc3c(cnn3-c3ccccc3)c(=O)[nH]2)CC1. The third kappa shape index (κ3) is 3.87. The minimum absolute atomic E-state index is 0.121. The topological polar surface area (TPSA) is 66.8 Å². The van der Waals surface area contributed by atoms with Gasteiger partial charge in [0.25, 0.3) is 5.56 Å². The lowest BCUT2D eigenvalue weighted by atomic mass is 9.77. The van der Waals surface area contributed by atoms with Gasteiger partial charge in [0.05, 0.1) is 18.4 Å². The molecule has 1 aromatic carbocycles. The molecule has 0 bridgehead atoms. The van der Waals surface area contributed by atoms with Crippen molar-refractivity contribution in [2.45, 2.75) is 46.6 Å². The predicted molar refractivity (Wildman–Crippen MR) is 112 cm³/mol. The molecule has 1 fully saturated rings. The molecule has 1 aliphatic heterocycles. The highest BCUT2D eigenvalue weighted by molar-refractivity contribution is 5.75. The molecule has 0 spiro atoms. The lowest BCUT2D eigenvalue weighted by molar-refractivity contribution is 0.205. The lowest BCUT2D eigenvalue weighted by Crippen LogP contribution is -2.28. The molecule has 1 N–H and O–H groups in total. The van der Waals surface area contributed by atoms with Gasteiger partial charge in [-0.1, -0.05) is 39.0 Å². The number of likely N-dealkylation sites (tertiary alicyclic amines) is 1. The first kappa shape index (κ1) is 18.9. The summed E-state index contributed by atoms with van der Waals surface area (Å²) in [6, 6.07) is 9.82. The Bertz CT molecular complexity index is 999. The minimum atomic E-state index is -0.121. The summed E-state index contributed by atoms with van der Waals surface area (Å²) in [7, 11) is 0. The maximum atomic E-state index is 12.6. The molecule has 6 heteroatoms. The molecule has 3 aromatic rings. The van der Waals surface area contributed by atoms with E-state index in [4.69, 9.17) is 4.98 Å². The molecule has 2 aromatic heterocycles. The van der Waals surface area contributed by atoms with Crippen LogP contribution in [-0.4, -0.2) is 37.7 Å². The van der Waals surface area contributed by atoms with Crippen LogP contribution in [0.1, 0.15) is 45.9 Å². The van der Waals surface area contributed by atoms with Crippen LogP contribution in [0.5, 0.6) is 0 Å². The summed E-state index contributed by atoms with van der Waals surface area (Å²) in [6.07, 6.45) is 5.25. The maximum absolute atomic E-state index is 12.6. The van der Waals surface area contributed by atoms with Crippen LogP contribution in [0.15, 0.2) is 41.3 Å². The number of para-hydroxylation sites is 1. The van der Waals surface area contributed by atoms with E-state index >= 15 is 0 Å². The van der Waals surface area contributed by atoms with E-state index in [1.807, 2.05) is 30.3 Å². The zero-order chi connectivity index (χ0) is 19.7. The number of aromatic nitrogens is 4. The number of rotatable bonds is 3. The smallest absolute Gasteiger partial charge is 0.262 e. The molecular formula is C22H29N5O. The summed E-state index contributed by atoms with van der Waals surface area (Å²) < 4.78 is 1.74. The highest BCUT2D eigenvalue weighted by Crippen LogP contribution is 2.34. The van der Waals surface area contributed by atoms with Gasteiger partial charge in [0.1, 0.15) is 11.2 Å². The van der Waals surface area contributed by atoms with Gasteiger partial charge < -0.3 is 4.98 Å². The molecule has 1 saturated heterocycles. The van der Waals surface area contributed by atoms with Gasteiger partial charge in [0.2, 0.25) is 0 Å². The number of hydrogen-bond donors (Lipinski definition) is 1. The summed E-state index contributed by atoms with van der Waals surface area (Å²) in [4.78, 5) is 22.7. The molecule has 0 aliphatic carbocycles. The van der Waals surface area contributed by atoms with Crippen molar-refractivity contribution in [3.05, 3.63) is 52.7 Å². The average Bonchev–Trinajstić information content (AvgIpc) is 2.93. The molecule has 0 saturated carbocycles. The highest BCUT2D eigenvalue weighted by atomic mass is 16.1. The lowest BCUT2D eigenvalue weighted by Gasteiger charge is -2.29. The van der Waals surface area contributed by atoms with Gasteiger partial charge in [0, 0.05) is 0 Å². The van der Waals surface area contributed by atoms with Crippen molar-refractivity contribution in [3.8, 4) is 5.69 Å². The molecule has 6 nitrogen and oxygen atoms in total. The number of H-pyrrole nitrogens is 1. The van der Waals surface area contributed by atoms with Gasteiger partial charge in [0.15, 0.2) is 5.65 Å². The van der Waals surface area contributed by atoms with Crippen LogP contribution in [-0.2, 0) is 6.54 Å². The van der Waals surface area contributed by atoms with E-state index in [1.165, 1.54) is 19.3 Å². The summed E-state index contributed by atoms with van der Waals surface area (Å²) >= 11 is 0. The van der Waals surface area contributed by atoms with Gasteiger partial charge in [-0.2, -0.15) is 5.10 Å². The van der Waals surface area contributed by atoms with Crippen molar-refractivity contribution in [1.82, 2.24) is 24.6 Å². The van der Waals surface area contributed by atoms with Crippen molar-refractivity contribution in [3.63, 3.8) is 0 Å². The van der Waals surface area contributed by atoms with Crippen molar-refractivity contribution in [2.75, 3.05) is 13.1 Å². The largest absolute Gasteiger partial charge is 0.309 e. The minimum Gasteiger partial charge on any atom is -0.309 e. The fraction of sp³-hybridized carbons (Fsp3) is 0.500. The third-order valence-electron chi connectivity index (χ3n) is 5.91. The van der Waals surface area contributed by atoms with Gasteiger partial charge in [-0.25, -0.2) is 9.67 Å². The molecule has 3 heterocycles. The molecular weight excluding hydrogens is 350 g/mol. The van der Waals surface area contributed by atoms with Crippen molar-refractivity contribution < 1.29 is 0 Å². The first-order valence-electron chi connectivity index (χ1n) is 10.2. The second kappa shape index (κ2) is 7.51. The van der Waals surface area contributed by atoms with Gasteiger partial charge in [-0.3, -0.25) is 9.69 Å². The standard InChI is InChI=1S/C22H29N5O/c1-22(2,3)16-8-7-12-26(13-11-16)15-19-24-20-18(21(28)25-19)14-23-27(20)17-9-5-4-6-10-17/h4-6,9-10,14,16H,7-8,11-13,15H2,1-3H3,(H,24,25,28). The number of nitrogens with one attached hydrogen (secondary N) is 1. The fourth-order valence-corrected chi connectivity index (χ4v) is 4.19. The van der Waals surface area contributed by atoms with Crippen LogP contribution in [0, 0.1) is 11.3 Å². The molecule has 4 rings (SSSR count). The van der Waals surface area contributed by atoms with Gasteiger partial charge in [-0.15, -0.1) is 0 Å². The Morgan fingerprint density at radius 2 is 1.93 bits per heavy atom. The number of hydrogen-bond acceptors (Lipinski definition) is 4. The quantitative estimate of drug-likeness (QED) is 0.752. The van der Waals surface area contributed by atoms with Crippen LogP contribution in [0.2, 0.25) is 0 Å². The number of nitrogens with zero attached hydrogens (tertiary/aromatic N) is 4. The first-order valence-corrected chi connectivity index (χ1v) is 10.2. The Morgan fingerprint density at radius 3 is 2.68 bits per heavy atom. The highest BCUT2D eigenvalue weighted by Gasteiger charge is 2.27. The van der Waals surface area contributed by atoms with Crippen molar-refractivity contribution >= 4 is 11.0 Å². The van der Waals surface area contributed by atoms with E-state index in [0.29, 0.717) is 28.8 Å². The van der Waals surface area contributed by atoms with Crippen LogP contribution in [0.25, 0.3) is 16.7 Å². The Balaban J connectivity index is 1.59. The Labute approximate surface area is 165 Å². The van der Waals surface area contributed by atoms with Crippen molar-refractivity contribution in [1.29, 1.82) is 0 Å². The number of aromatic amines is 1. The van der Waals surface area contributed by atoms with Crippen LogP contribution < -0.4 is 5.56 Å². The third-order valence-corrected chi connectivity index (χ3v) is 5.91. The molecule has 1 aliphatic rings. The Morgan fingerprint density at radius 1 is 1.14 bits per heavy atom. The Hall–Kier alpha value is -2.47. The van der Waals surface area contributed by atoms with E-state index in [-0.39, 0.29) is 5.56 Å². The summed E-state index contributed by atoms with van der Waals surface area (Å²) in [5, 5.41) is 4.91. The summed E-state index contributed by atoms with van der Waals surface area (Å²) in [6.45, 7) is 9.77. The monoisotopic (exact) mass is 379 g/mol. The average molecular weight is 380 g/mol. The summed E-state index contributed by atoms with van der Waals surface area (Å²) in [5.41, 5.74) is 1.75. The molecule has 1 unspecified atom stereocenters. The molecule has 148 valence electrons. The number of benzene rings is 1. The summed E-state index contributed by atoms with van der Waals surface area (Å²) in [5.74, 6) is 1.45. The second-order valence-corrected chi connectivity index (χ2v) is 8.91. The van der Waals surface area contributed by atoms with Crippen LogP contribution in [0.4, 0.5) is 0 Å². The van der Waals surface area contributed by atoms with Gasteiger partial charge >= 0.3 is 0 Å². The first-order chi connectivity index (χ1) is 13.4. The Kier molecular flexibility index (Phi) is 5.06. The van der Waals surface area contributed by atoms with E-state index < -0.39 is 0 Å². The fourth-order valence-electron chi connectivity index (χ4n) is 4.19. The maximum Gasteiger partial charge on any atom is 0.262 e. The predicted octanol–water partition coefficient (Wildman–Crippen LogP) is 3.76. The molecule has 0 radical (unpaired) electrons. The normalized spacial score (nSPS) is 19.0. The van der Waals surface area contributed by atoms with E-state index in [0.717, 1.165) is 24.7 Å². The zero-order valence-corrected chi connectivity index (χ0v) is 17.0. The van der Waals surface area contributed by atoms with E-state index in [1.54, 1.807) is 10.9 Å². The van der Waals surface area contributed by atoms with E-state index in [2.05, 4.69) is 35.8 Å². The molecule has 0 amide bonds. The van der Waals surface area contributed by atoms with Crippen LogP contribution in [0.3, 0.4) is 0 Å². The second-order valence-electron chi connectivity index (χ2n) is 8.91. The van der Waals surface area contributed by atoms with Crippen LogP contribution >= 0.6 is 0 Å². The number of fused-ring (bicyclic) bond motifs is 1. The van der Waals surface area contributed by atoms with Crippen molar-refractivity contribution in [2.24, 2.45) is 11.3 Å². The zero-order valence-electron chi connectivity index (χ0n) is 17.0. The van der Waals surface area contributed by atoms with Gasteiger partial charge in [-0.05, 0) is 55.8 Å². The molecule has 28 heavy (non-hydrogen) atoms. The van der Waals surface area contributed by atoms with E-state index in [9.17, 15) is 4.79 Å². The molecule has 1 atom stereocenters.